The molecule has 1 atom stereocenters. The second-order valence-electron chi connectivity index (χ2n) is 7.43. The molecule has 2 aromatic carbocycles. The monoisotopic (exact) mass is 436 g/mol. The normalized spacial score (nSPS) is 12.1. The van der Waals surface area contributed by atoms with E-state index < -0.39 is 5.69 Å². The molecule has 9 nitrogen and oxygen atoms in total. The molecule has 4 rings (SSSR count). The van der Waals surface area contributed by atoms with Crippen molar-refractivity contribution in [3.63, 3.8) is 0 Å². The molecule has 0 radical (unpaired) electrons. The van der Waals surface area contributed by atoms with Gasteiger partial charge in [0.25, 0.3) is 5.56 Å². The van der Waals surface area contributed by atoms with E-state index in [0.717, 1.165) is 0 Å². The lowest BCUT2D eigenvalue weighted by atomic mass is 10.2. The summed E-state index contributed by atoms with van der Waals surface area (Å²) in [5.74, 6) is 1.76. The van der Waals surface area contributed by atoms with Crippen molar-refractivity contribution in [1.29, 1.82) is 0 Å². The van der Waals surface area contributed by atoms with Crippen molar-refractivity contribution in [2.45, 2.75) is 32.9 Å². The summed E-state index contributed by atoms with van der Waals surface area (Å²) in [7, 11) is 3.12. The van der Waals surface area contributed by atoms with E-state index in [1.807, 2.05) is 13.8 Å². The number of rotatable bonds is 7. The molecule has 0 aliphatic rings. The Kier molecular flexibility index (Phi) is 5.81. The fraction of sp³-hybridized carbons (Fsp3) is 0.304. The van der Waals surface area contributed by atoms with E-state index in [1.165, 1.54) is 9.13 Å². The first-order chi connectivity index (χ1) is 15.5. The Bertz CT molecular complexity index is 1360. The van der Waals surface area contributed by atoms with Gasteiger partial charge in [-0.05, 0) is 37.6 Å². The van der Waals surface area contributed by atoms with Gasteiger partial charge in [-0.2, -0.15) is 4.98 Å². The summed E-state index contributed by atoms with van der Waals surface area (Å²) >= 11 is 0. The molecule has 0 spiro atoms. The van der Waals surface area contributed by atoms with E-state index in [2.05, 4.69) is 10.1 Å². The molecule has 0 aliphatic carbocycles. The average Bonchev–Trinajstić information content (AvgIpc) is 3.30. The Morgan fingerprint density at radius 3 is 2.41 bits per heavy atom. The fourth-order valence-corrected chi connectivity index (χ4v) is 3.57. The first-order valence-corrected chi connectivity index (χ1v) is 10.3. The predicted molar refractivity (Wildman–Crippen MR) is 119 cm³/mol. The lowest BCUT2D eigenvalue weighted by molar-refractivity contribution is 0.367. The summed E-state index contributed by atoms with van der Waals surface area (Å²) in [6.45, 7) is 3.82. The van der Waals surface area contributed by atoms with Crippen LogP contribution in [0.4, 0.5) is 0 Å². The van der Waals surface area contributed by atoms with E-state index in [1.54, 1.807) is 56.7 Å². The molecular weight excluding hydrogens is 412 g/mol. The smallest absolute Gasteiger partial charge is 0.332 e. The SMILES string of the molecule is CC[C@H](C)n1c(=O)c2ccccc2n(Cc2nc(-c3cc(OC)cc(OC)c3)no2)c1=O. The van der Waals surface area contributed by atoms with Crippen LogP contribution in [0.5, 0.6) is 11.5 Å². The van der Waals surface area contributed by atoms with E-state index in [9.17, 15) is 9.59 Å². The summed E-state index contributed by atoms with van der Waals surface area (Å²) in [6, 6.07) is 12.1. The summed E-state index contributed by atoms with van der Waals surface area (Å²) < 4.78 is 18.8. The first kappa shape index (κ1) is 21.4. The number of nitrogens with zero attached hydrogens (tertiary/aromatic N) is 4. The molecule has 0 unspecified atom stereocenters. The second kappa shape index (κ2) is 8.70. The van der Waals surface area contributed by atoms with Gasteiger partial charge in [-0.15, -0.1) is 0 Å². The van der Waals surface area contributed by atoms with Gasteiger partial charge in [0.2, 0.25) is 11.7 Å². The van der Waals surface area contributed by atoms with Gasteiger partial charge in [0.15, 0.2) is 0 Å². The second-order valence-corrected chi connectivity index (χ2v) is 7.43. The molecule has 2 aromatic heterocycles. The number of ether oxygens (including phenoxy) is 2. The molecule has 32 heavy (non-hydrogen) atoms. The van der Waals surface area contributed by atoms with Gasteiger partial charge in [-0.1, -0.05) is 24.2 Å². The third-order valence-corrected chi connectivity index (χ3v) is 5.48. The third-order valence-electron chi connectivity index (χ3n) is 5.48. The highest BCUT2D eigenvalue weighted by Crippen LogP contribution is 2.28. The Labute approximate surface area is 183 Å². The molecule has 0 bridgehead atoms. The Morgan fingerprint density at radius 2 is 1.75 bits per heavy atom. The van der Waals surface area contributed by atoms with Crippen molar-refractivity contribution in [2.24, 2.45) is 0 Å². The zero-order valence-electron chi connectivity index (χ0n) is 18.4. The summed E-state index contributed by atoms with van der Waals surface area (Å²) in [5, 5.41) is 4.52. The summed E-state index contributed by atoms with van der Waals surface area (Å²) in [6.07, 6.45) is 0.649. The van der Waals surface area contributed by atoms with Crippen LogP contribution in [0.2, 0.25) is 0 Å². The zero-order chi connectivity index (χ0) is 22.8. The van der Waals surface area contributed by atoms with Gasteiger partial charge in [-0.25, -0.2) is 4.79 Å². The van der Waals surface area contributed by atoms with Crippen LogP contribution in [0.1, 0.15) is 32.2 Å². The molecule has 0 saturated heterocycles. The Hall–Kier alpha value is -3.88. The molecule has 4 aromatic rings. The molecule has 2 heterocycles. The van der Waals surface area contributed by atoms with Crippen molar-refractivity contribution >= 4 is 10.9 Å². The number of methoxy groups -OCH3 is 2. The number of fused-ring (bicyclic) bond motifs is 1. The van der Waals surface area contributed by atoms with Crippen LogP contribution in [0, 0.1) is 0 Å². The first-order valence-electron chi connectivity index (χ1n) is 10.3. The van der Waals surface area contributed by atoms with E-state index >= 15 is 0 Å². The molecule has 0 amide bonds. The van der Waals surface area contributed by atoms with Gasteiger partial charge in [0.05, 0.1) is 25.1 Å². The highest BCUT2D eigenvalue weighted by molar-refractivity contribution is 5.77. The summed E-state index contributed by atoms with van der Waals surface area (Å²) in [5.41, 5.74) is 0.458. The van der Waals surface area contributed by atoms with Gasteiger partial charge < -0.3 is 14.0 Å². The maximum absolute atomic E-state index is 13.3. The minimum atomic E-state index is -0.411. The molecule has 0 N–H and O–H groups in total. The molecule has 9 heteroatoms. The minimum Gasteiger partial charge on any atom is -0.497 e. The number of benzene rings is 2. The Morgan fingerprint density at radius 1 is 1.06 bits per heavy atom. The number of para-hydroxylation sites is 1. The lowest BCUT2D eigenvalue weighted by Crippen LogP contribution is -2.41. The lowest BCUT2D eigenvalue weighted by Gasteiger charge is -2.16. The molecule has 0 fully saturated rings. The van der Waals surface area contributed by atoms with E-state index in [0.29, 0.717) is 40.2 Å². The maximum atomic E-state index is 13.3. The summed E-state index contributed by atoms with van der Waals surface area (Å²) in [4.78, 5) is 30.6. The standard InChI is InChI=1S/C23H24N4O5/c1-5-14(2)27-22(28)18-8-6-7-9-19(18)26(23(27)29)13-20-24-21(25-32-20)15-10-16(30-3)12-17(11-15)31-4/h6-12,14H,5,13H2,1-4H3/t14-/m0/s1. The van der Waals surface area contributed by atoms with Crippen molar-refractivity contribution in [2.75, 3.05) is 14.2 Å². The highest BCUT2D eigenvalue weighted by Gasteiger charge is 2.19. The average molecular weight is 436 g/mol. The van der Waals surface area contributed by atoms with Gasteiger partial charge in [0, 0.05) is 17.7 Å². The van der Waals surface area contributed by atoms with Crippen molar-refractivity contribution in [3.05, 3.63) is 69.2 Å². The van der Waals surface area contributed by atoms with E-state index in [4.69, 9.17) is 14.0 Å². The van der Waals surface area contributed by atoms with E-state index in [-0.39, 0.29) is 24.0 Å². The van der Waals surface area contributed by atoms with Crippen LogP contribution in [0.3, 0.4) is 0 Å². The van der Waals surface area contributed by atoms with Crippen LogP contribution in [-0.2, 0) is 6.54 Å². The molecule has 0 aliphatic heterocycles. The van der Waals surface area contributed by atoms with Crippen LogP contribution in [0.15, 0.2) is 56.6 Å². The number of hydrogen-bond acceptors (Lipinski definition) is 7. The van der Waals surface area contributed by atoms with Crippen LogP contribution >= 0.6 is 0 Å². The van der Waals surface area contributed by atoms with Crippen LogP contribution in [0.25, 0.3) is 22.3 Å². The minimum absolute atomic E-state index is 0.0319. The number of hydrogen-bond donors (Lipinski definition) is 0. The molecule has 0 saturated carbocycles. The Balaban J connectivity index is 1.80. The van der Waals surface area contributed by atoms with Crippen LogP contribution in [-0.4, -0.2) is 33.5 Å². The van der Waals surface area contributed by atoms with Gasteiger partial charge in [0.1, 0.15) is 18.0 Å². The number of aromatic nitrogens is 4. The van der Waals surface area contributed by atoms with Gasteiger partial charge in [-0.3, -0.25) is 13.9 Å². The molecule has 166 valence electrons. The van der Waals surface area contributed by atoms with Crippen molar-refractivity contribution < 1.29 is 14.0 Å². The third kappa shape index (κ3) is 3.77. The quantitative estimate of drug-likeness (QED) is 0.438. The van der Waals surface area contributed by atoms with Crippen molar-refractivity contribution in [1.82, 2.24) is 19.3 Å². The van der Waals surface area contributed by atoms with Crippen molar-refractivity contribution in [3.8, 4) is 22.9 Å². The zero-order valence-corrected chi connectivity index (χ0v) is 18.4. The van der Waals surface area contributed by atoms with Crippen LogP contribution < -0.4 is 20.7 Å². The predicted octanol–water partition coefficient (Wildman–Crippen LogP) is 3.25. The maximum Gasteiger partial charge on any atom is 0.332 e. The van der Waals surface area contributed by atoms with Gasteiger partial charge >= 0.3 is 5.69 Å². The highest BCUT2D eigenvalue weighted by atomic mass is 16.5. The largest absolute Gasteiger partial charge is 0.497 e. The topological polar surface area (TPSA) is 101 Å². The fourth-order valence-electron chi connectivity index (χ4n) is 3.57. The molecular formula is C23H24N4O5.